The molecule has 2 rings (SSSR count). The van der Waals surface area contributed by atoms with Gasteiger partial charge in [0, 0.05) is 19.6 Å². The van der Waals surface area contributed by atoms with Crippen LogP contribution < -0.4 is 15.4 Å². The van der Waals surface area contributed by atoms with Crippen LogP contribution in [0, 0.1) is 5.92 Å². The number of rotatable bonds is 5. The van der Waals surface area contributed by atoms with Gasteiger partial charge in [0.05, 0.1) is 12.7 Å². The predicted molar refractivity (Wildman–Crippen MR) is 93.2 cm³/mol. The molecule has 2 amide bonds. The Morgan fingerprint density at radius 2 is 1.96 bits per heavy atom. The van der Waals surface area contributed by atoms with E-state index in [4.69, 9.17) is 4.74 Å². The van der Waals surface area contributed by atoms with Crippen LogP contribution in [0.1, 0.15) is 30.6 Å². The van der Waals surface area contributed by atoms with Crippen molar-refractivity contribution in [2.75, 3.05) is 33.3 Å². The maximum atomic E-state index is 12.9. The first-order chi connectivity index (χ1) is 11.5. The van der Waals surface area contributed by atoms with Gasteiger partial charge in [0.15, 0.2) is 0 Å². The van der Waals surface area contributed by atoms with Gasteiger partial charge in [-0.3, -0.25) is 9.59 Å². The maximum absolute atomic E-state index is 12.9. The van der Waals surface area contributed by atoms with Crippen molar-refractivity contribution in [3.05, 3.63) is 29.8 Å². The number of ether oxygens (including phenoxy) is 1. The zero-order valence-electron chi connectivity index (χ0n) is 14.7. The average molecular weight is 333 g/mol. The maximum Gasteiger partial charge on any atom is 0.255 e. The standard InChI is InChI=1S/C18H27N3O3/c1-13(2)16(18(23)21-11-6-9-19-10-12-21)20-17(22)14-7-4-5-8-15(14)24-3/h4-5,7-8,13,16,19H,6,9-12H2,1-3H3,(H,20,22). The number of nitrogens with zero attached hydrogens (tertiary/aromatic N) is 1. The molecule has 0 saturated carbocycles. The second-order valence-electron chi connectivity index (χ2n) is 6.32. The summed E-state index contributed by atoms with van der Waals surface area (Å²) in [5.74, 6) is 0.209. The van der Waals surface area contributed by atoms with E-state index in [9.17, 15) is 9.59 Å². The van der Waals surface area contributed by atoms with Crippen molar-refractivity contribution in [2.45, 2.75) is 26.3 Å². The summed E-state index contributed by atoms with van der Waals surface area (Å²) in [6.07, 6.45) is 0.928. The first kappa shape index (κ1) is 18.3. The van der Waals surface area contributed by atoms with Gasteiger partial charge >= 0.3 is 0 Å². The molecule has 1 aromatic rings. The quantitative estimate of drug-likeness (QED) is 0.851. The van der Waals surface area contributed by atoms with Gasteiger partial charge in [0.25, 0.3) is 5.91 Å². The van der Waals surface area contributed by atoms with E-state index < -0.39 is 6.04 Å². The third-order valence-corrected chi connectivity index (χ3v) is 4.22. The predicted octanol–water partition coefficient (Wildman–Crippen LogP) is 1.27. The third kappa shape index (κ3) is 4.47. The summed E-state index contributed by atoms with van der Waals surface area (Å²) in [7, 11) is 1.53. The molecule has 1 aliphatic rings. The summed E-state index contributed by atoms with van der Waals surface area (Å²) in [6.45, 7) is 7.00. The van der Waals surface area contributed by atoms with Gasteiger partial charge in [-0.25, -0.2) is 0 Å². The van der Waals surface area contributed by atoms with Crippen LogP contribution in [0.2, 0.25) is 0 Å². The molecule has 0 aromatic heterocycles. The number of carbonyl (C=O) groups is 2. The molecule has 0 radical (unpaired) electrons. The number of methoxy groups -OCH3 is 1. The Labute approximate surface area is 143 Å². The van der Waals surface area contributed by atoms with Crippen LogP contribution in [-0.2, 0) is 4.79 Å². The first-order valence-corrected chi connectivity index (χ1v) is 8.48. The van der Waals surface area contributed by atoms with Gasteiger partial charge in [-0.2, -0.15) is 0 Å². The smallest absolute Gasteiger partial charge is 0.255 e. The minimum atomic E-state index is -0.541. The van der Waals surface area contributed by atoms with Gasteiger partial charge in [0.1, 0.15) is 11.8 Å². The fourth-order valence-corrected chi connectivity index (χ4v) is 2.83. The average Bonchev–Trinajstić information content (AvgIpc) is 2.88. The molecule has 1 unspecified atom stereocenters. The number of carbonyl (C=O) groups excluding carboxylic acids is 2. The highest BCUT2D eigenvalue weighted by Crippen LogP contribution is 2.18. The minimum absolute atomic E-state index is 0.00682. The molecule has 1 saturated heterocycles. The first-order valence-electron chi connectivity index (χ1n) is 8.48. The molecule has 0 bridgehead atoms. The van der Waals surface area contributed by atoms with E-state index in [1.165, 1.54) is 7.11 Å². The van der Waals surface area contributed by atoms with Gasteiger partial charge in [-0.15, -0.1) is 0 Å². The highest BCUT2D eigenvalue weighted by atomic mass is 16.5. The lowest BCUT2D eigenvalue weighted by Crippen LogP contribution is -2.52. The summed E-state index contributed by atoms with van der Waals surface area (Å²) in [5.41, 5.74) is 0.441. The molecule has 6 heteroatoms. The van der Waals surface area contributed by atoms with Gasteiger partial charge < -0.3 is 20.3 Å². The van der Waals surface area contributed by atoms with Crippen molar-refractivity contribution in [1.82, 2.24) is 15.5 Å². The van der Waals surface area contributed by atoms with Crippen molar-refractivity contribution < 1.29 is 14.3 Å². The monoisotopic (exact) mass is 333 g/mol. The zero-order valence-corrected chi connectivity index (χ0v) is 14.7. The number of amides is 2. The van der Waals surface area contributed by atoms with E-state index in [2.05, 4.69) is 10.6 Å². The highest BCUT2D eigenvalue weighted by Gasteiger charge is 2.29. The fraction of sp³-hybridized carbons (Fsp3) is 0.556. The highest BCUT2D eigenvalue weighted by molar-refractivity contribution is 5.99. The van der Waals surface area contributed by atoms with Crippen molar-refractivity contribution in [2.24, 2.45) is 5.92 Å². The molecule has 6 nitrogen and oxygen atoms in total. The van der Waals surface area contributed by atoms with Crippen LogP contribution >= 0.6 is 0 Å². The Morgan fingerprint density at radius 3 is 2.67 bits per heavy atom. The second kappa shape index (κ2) is 8.68. The summed E-state index contributed by atoms with van der Waals surface area (Å²) in [5, 5.41) is 6.18. The molecule has 1 atom stereocenters. The molecule has 132 valence electrons. The van der Waals surface area contributed by atoms with E-state index in [0.29, 0.717) is 17.9 Å². The lowest BCUT2D eigenvalue weighted by molar-refractivity contribution is -0.134. The van der Waals surface area contributed by atoms with Crippen molar-refractivity contribution >= 4 is 11.8 Å². The van der Waals surface area contributed by atoms with Crippen LogP contribution in [0.5, 0.6) is 5.75 Å². The largest absolute Gasteiger partial charge is 0.496 e. The second-order valence-corrected chi connectivity index (χ2v) is 6.32. The lowest BCUT2D eigenvalue weighted by atomic mass is 10.0. The number of nitrogens with one attached hydrogen (secondary N) is 2. The number of hydrogen-bond acceptors (Lipinski definition) is 4. The minimum Gasteiger partial charge on any atom is -0.496 e. The third-order valence-electron chi connectivity index (χ3n) is 4.22. The van der Waals surface area contributed by atoms with E-state index in [1.54, 1.807) is 18.2 Å². The summed E-state index contributed by atoms with van der Waals surface area (Å²) < 4.78 is 5.24. The SMILES string of the molecule is COc1ccccc1C(=O)NC(C(=O)N1CCCNCC1)C(C)C. The van der Waals surface area contributed by atoms with E-state index in [0.717, 1.165) is 26.1 Å². The molecular formula is C18H27N3O3. The zero-order chi connectivity index (χ0) is 17.5. The molecular weight excluding hydrogens is 306 g/mol. The van der Waals surface area contributed by atoms with Gasteiger partial charge in [-0.1, -0.05) is 26.0 Å². The van der Waals surface area contributed by atoms with Crippen molar-refractivity contribution in [3.8, 4) is 5.75 Å². The van der Waals surface area contributed by atoms with Crippen LogP contribution in [-0.4, -0.2) is 56.0 Å². The lowest BCUT2D eigenvalue weighted by Gasteiger charge is -2.29. The topological polar surface area (TPSA) is 70.7 Å². The van der Waals surface area contributed by atoms with E-state index >= 15 is 0 Å². The van der Waals surface area contributed by atoms with E-state index in [-0.39, 0.29) is 17.7 Å². The van der Waals surface area contributed by atoms with Crippen LogP contribution in [0.15, 0.2) is 24.3 Å². The Kier molecular flexibility index (Phi) is 6.61. The van der Waals surface area contributed by atoms with Crippen LogP contribution in [0.3, 0.4) is 0 Å². The molecule has 0 spiro atoms. The van der Waals surface area contributed by atoms with Gasteiger partial charge in [-0.05, 0) is 31.0 Å². The molecule has 24 heavy (non-hydrogen) atoms. The molecule has 0 aliphatic carbocycles. The normalized spacial score (nSPS) is 16.4. The number of hydrogen-bond donors (Lipinski definition) is 2. The molecule has 2 N–H and O–H groups in total. The summed E-state index contributed by atoms with van der Waals surface area (Å²) in [4.78, 5) is 27.3. The van der Waals surface area contributed by atoms with Crippen LogP contribution in [0.25, 0.3) is 0 Å². The molecule has 1 fully saturated rings. The Bertz CT molecular complexity index is 566. The summed E-state index contributed by atoms with van der Waals surface area (Å²) in [6, 6.07) is 6.49. The number of para-hydroxylation sites is 1. The molecule has 1 aliphatic heterocycles. The van der Waals surface area contributed by atoms with Gasteiger partial charge in [0.2, 0.25) is 5.91 Å². The fourth-order valence-electron chi connectivity index (χ4n) is 2.83. The number of benzene rings is 1. The molecule has 1 heterocycles. The van der Waals surface area contributed by atoms with Crippen LogP contribution in [0.4, 0.5) is 0 Å². The Balaban J connectivity index is 2.12. The molecule has 1 aromatic carbocycles. The van der Waals surface area contributed by atoms with E-state index in [1.807, 2.05) is 24.8 Å². The Hall–Kier alpha value is -2.08. The van der Waals surface area contributed by atoms with Crippen molar-refractivity contribution in [1.29, 1.82) is 0 Å². The summed E-state index contributed by atoms with van der Waals surface area (Å²) >= 11 is 0. The van der Waals surface area contributed by atoms with Crippen molar-refractivity contribution in [3.63, 3.8) is 0 Å². The Morgan fingerprint density at radius 1 is 1.21 bits per heavy atom.